The molecule has 0 aliphatic rings. The third kappa shape index (κ3) is 4.63. The minimum atomic E-state index is -0.262. The summed E-state index contributed by atoms with van der Waals surface area (Å²) >= 11 is 11.7. The van der Waals surface area contributed by atoms with Gasteiger partial charge in [0.15, 0.2) is 0 Å². The minimum Gasteiger partial charge on any atom is -0.397 e. The van der Waals surface area contributed by atoms with E-state index in [1.165, 1.54) is 0 Å². The summed E-state index contributed by atoms with van der Waals surface area (Å²) in [6.07, 6.45) is 0. The van der Waals surface area contributed by atoms with Gasteiger partial charge in [-0.25, -0.2) is 0 Å². The summed E-state index contributed by atoms with van der Waals surface area (Å²) in [6.45, 7) is 5.87. The quantitative estimate of drug-likeness (QED) is 0.750. The number of hydrogen-bond acceptors (Lipinski definition) is 3. The second-order valence-corrected chi connectivity index (χ2v) is 5.82. The number of nitrogen functional groups attached to an aromatic ring is 1. The van der Waals surface area contributed by atoms with E-state index in [1.54, 1.807) is 12.1 Å². The van der Waals surface area contributed by atoms with Gasteiger partial charge in [-0.1, -0.05) is 23.2 Å². The zero-order valence-corrected chi connectivity index (χ0v) is 12.1. The SMILES string of the molecule is CC(C)(C)NC(=O)CNc1cc(Cl)c(Cl)cc1N. The van der Waals surface area contributed by atoms with Gasteiger partial charge in [0.2, 0.25) is 5.91 Å². The predicted molar refractivity (Wildman–Crippen MR) is 77.3 cm³/mol. The lowest BCUT2D eigenvalue weighted by Crippen LogP contribution is -2.43. The van der Waals surface area contributed by atoms with E-state index >= 15 is 0 Å². The van der Waals surface area contributed by atoms with E-state index in [1.807, 2.05) is 20.8 Å². The van der Waals surface area contributed by atoms with Gasteiger partial charge in [0.25, 0.3) is 0 Å². The molecule has 0 heterocycles. The average molecular weight is 290 g/mol. The Balaban J connectivity index is 2.64. The number of hydrogen-bond donors (Lipinski definition) is 3. The van der Waals surface area contributed by atoms with Crippen LogP contribution in [-0.4, -0.2) is 18.0 Å². The summed E-state index contributed by atoms with van der Waals surface area (Å²) < 4.78 is 0. The van der Waals surface area contributed by atoms with Crippen molar-refractivity contribution in [3.63, 3.8) is 0 Å². The van der Waals surface area contributed by atoms with Crippen LogP contribution in [0.15, 0.2) is 12.1 Å². The summed E-state index contributed by atoms with van der Waals surface area (Å²) in [6, 6.07) is 3.15. The molecular weight excluding hydrogens is 273 g/mol. The fourth-order valence-corrected chi connectivity index (χ4v) is 1.69. The molecule has 0 radical (unpaired) electrons. The number of anilines is 2. The molecule has 0 saturated heterocycles. The average Bonchev–Trinajstić information content (AvgIpc) is 2.19. The molecule has 0 unspecified atom stereocenters. The van der Waals surface area contributed by atoms with E-state index in [0.29, 0.717) is 21.4 Å². The first-order chi connectivity index (χ1) is 8.19. The standard InChI is InChI=1S/C12H17Cl2N3O/c1-12(2,3)17-11(18)6-16-10-5-8(14)7(13)4-9(10)15/h4-5,16H,6,15H2,1-3H3,(H,17,18). The molecule has 0 aromatic heterocycles. The Morgan fingerprint density at radius 3 is 2.39 bits per heavy atom. The van der Waals surface area contributed by atoms with Gasteiger partial charge >= 0.3 is 0 Å². The smallest absolute Gasteiger partial charge is 0.239 e. The Hall–Kier alpha value is -1.13. The minimum absolute atomic E-state index is 0.118. The molecule has 4 N–H and O–H groups in total. The maximum Gasteiger partial charge on any atom is 0.239 e. The topological polar surface area (TPSA) is 67.2 Å². The molecule has 0 bridgehead atoms. The van der Waals surface area contributed by atoms with Crippen molar-refractivity contribution >= 4 is 40.5 Å². The summed E-state index contributed by atoms with van der Waals surface area (Å²) in [4.78, 5) is 11.6. The van der Waals surface area contributed by atoms with Crippen molar-refractivity contribution in [3.05, 3.63) is 22.2 Å². The number of nitrogens with two attached hydrogens (primary N) is 1. The van der Waals surface area contributed by atoms with Crippen molar-refractivity contribution in [2.75, 3.05) is 17.6 Å². The lowest BCUT2D eigenvalue weighted by molar-refractivity contribution is -0.120. The Morgan fingerprint density at radius 2 is 1.83 bits per heavy atom. The van der Waals surface area contributed by atoms with E-state index in [-0.39, 0.29) is 18.0 Å². The third-order valence-electron chi connectivity index (χ3n) is 2.05. The maximum absolute atomic E-state index is 11.6. The number of nitrogens with one attached hydrogen (secondary N) is 2. The summed E-state index contributed by atoms with van der Waals surface area (Å²) in [5.74, 6) is -0.118. The van der Waals surface area contributed by atoms with Crippen LogP contribution in [0.25, 0.3) is 0 Å². The van der Waals surface area contributed by atoms with Crippen LogP contribution in [0, 0.1) is 0 Å². The molecule has 4 nitrogen and oxygen atoms in total. The molecule has 0 spiro atoms. The fraction of sp³-hybridized carbons (Fsp3) is 0.417. The largest absolute Gasteiger partial charge is 0.397 e. The number of carbonyl (C=O) groups excluding carboxylic acids is 1. The molecule has 0 aliphatic carbocycles. The van der Waals surface area contributed by atoms with Crippen molar-refractivity contribution in [1.29, 1.82) is 0 Å². The van der Waals surface area contributed by atoms with Crippen LogP contribution in [0.2, 0.25) is 10.0 Å². The number of benzene rings is 1. The van der Waals surface area contributed by atoms with Crippen LogP contribution in [0.4, 0.5) is 11.4 Å². The monoisotopic (exact) mass is 289 g/mol. The van der Waals surface area contributed by atoms with Crippen LogP contribution in [0.1, 0.15) is 20.8 Å². The normalized spacial score (nSPS) is 11.2. The first-order valence-corrected chi connectivity index (χ1v) is 6.24. The zero-order chi connectivity index (χ0) is 13.9. The summed E-state index contributed by atoms with van der Waals surface area (Å²) in [7, 11) is 0. The number of rotatable bonds is 3. The Labute approximate surface area is 117 Å². The van der Waals surface area contributed by atoms with Crippen molar-refractivity contribution in [2.24, 2.45) is 0 Å². The molecule has 1 aromatic carbocycles. The van der Waals surface area contributed by atoms with Gasteiger partial charge in [0.05, 0.1) is 28.0 Å². The molecule has 0 fully saturated rings. The van der Waals surface area contributed by atoms with Crippen molar-refractivity contribution in [2.45, 2.75) is 26.3 Å². The highest BCUT2D eigenvalue weighted by molar-refractivity contribution is 6.42. The van der Waals surface area contributed by atoms with Gasteiger partial charge in [-0.3, -0.25) is 4.79 Å². The molecule has 0 aliphatic heterocycles. The Bertz CT molecular complexity index is 455. The van der Waals surface area contributed by atoms with Crippen LogP contribution < -0.4 is 16.4 Å². The molecule has 1 rings (SSSR count). The third-order valence-corrected chi connectivity index (χ3v) is 2.77. The van der Waals surface area contributed by atoms with Crippen molar-refractivity contribution < 1.29 is 4.79 Å². The number of amides is 1. The Morgan fingerprint density at radius 1 is 1.28 bits per heavy atom. The highest BCUT2D eigenvalue weighted by Crippen LogP contribution is 2.30. The molecule has 18 heavy (non-hydrogen) atoms. The summed E-state index contributed by atoms with van der Waals surface area (Å²) in [5.41, 5.74) is 6.55. The molecule has 0 atom stereocenters. The van der Waals surface area contributed by atoms with Crippen LogP contribution in [-0.2, 0) is 4.79 Å². The van der Waals surface area contributed by atoms with E-state index < -0.39 is 0 Å². The molecular formula is C12H17Cl2N3O. The fourth-order valence-electron chi connectivity index (χ4n) is 1.35. The van der Waals surface area contributed by atoms with Crippen LogP contribution >= 0.6 is 23.2 Å². The number of halogens is 2. The van der Waals surface area contributed by atoms with Gasteiger partial charge in [0.1, 0.15) is 0 Å². The first kappa shape index (κ1) is 14.9. The number of carbonyl (C=O) groups is 1. The highest BCUT2D eigenvalue weighted by Gasteiger charge is 2.13. The first-order valence-electron chi connectivity index (χ1n) is 5.48. The van der Waals surface area contributed by atoms with E-state index in [0.717, 1.165) is 0 Å². The van der Waals surface area contributed by atoms with Crippen LogP contribution in [0.5, 0.6) is 0 Å². The molecule has 1 amide bonds. The van der Waals surface area contributed by atoms with Crippen molar-refractivity contribution in [3.8, 4) is 0 Å². The molecule has 6 heteroatoms. The van der Waals surface area contributed by atoms with E-state index in [2.05, 4.69) is 10.6 Å². The van der Waals surface area contributed by atoms with E-state index in [4.69, 9.17) is 28.9 Å². The summed E-state index contributed by atoms with van der Waals surface area (Å²) in [5, 5.41) is 6.54. The highest BCUT2D eigenvalue weighted by atomic mass is 35.5. The van der Waals surface area contributed by atoms with Gasteiger partial charge in [-0.15, -0.1) is 0 Å². The second-order valence-electron chi connectivity index (χ2n) is 5.01. The lowest BCUT2D eigenvalue weighted by atomic mass is 10.1. The zero-order valence-electron chi connectivity index (χ0n) is 10.6. The van der Waals surface area contributed by atoms with E-state index in [9.17, 15) is 4.79 Å². The molecule has 100 valence electrons. The molecule has 0 saturated carbocycles. The predicted octanol–water partition coefficient (Wildman–Crippen LogP) is 2.90. The van der Waals surface area contributed by atoms with Crippen molar-refractivity contribution in [1.82, 2.24) is 5.32 Å². The molecule has 1 aromatic rings. The van der Waals surface area contributed by atoms with Gasteiger partial charge in [0, 0.05) is 5.54 Å². The van der Waals surface area contributed by atoms with Gasteiger partial charge in [-0.2, -0.15) is 0 Å². The van der Waals surface area contributed by atoms with Crippen LogP contribution in [0.3, 0.4) is 0 Å². The van der Waals surface area contributed by atoms with Gasteiger partial charge in [-0.05, 0) is 32.9 Å². The lowest BCUT2D eigenvalue weighted by Gasteiger charge is -2.21. The second kappa shape index (κ2) is 5.67. The van der Waals surface area contributed by atoms with Gasteiger partial charge < -0.3 is 16.4 Å². The maximum atomic E-state index is 11.6. The Kier molecular flexibility index (Phi) is 4.71.